The molecule has 22 heavy (non-hydrogen) atoms. The molecule has 1 aromatic heterocycles. The summed E-state index contributed by atoms with van der Waals surface area (Å²) in [5.41, 5.74) is 3.75. The van der Waals surface area contributed by atoms with Crippen LogP contribution in [0.1, 0.15) is 11.1 Å². The van der Waals surface area contributed by atoms with Crippen LogP contribution < -0.4 is 16.7 Å². The number of nitrogens with zero attached hydrogens (tertiary/aromatic N) is 3. The molecule has 0 saturated carbocycles. The van der Waals surface area contributed by atoms with E-state index < -0.39 is 11.2 Å². The Kier molecular flexibility index (Phi) is 3.25. The maximum Gasteiger partial charge on any atom is 0.332 e. The monoisotopic (exact) mass is 298 g/mol. The second-order valence-electron chi connectivity index (χ2n) is 5.10. The van der Waals surface area contributed by atoms with Crippen molar-refractivity contribution >= 4 is 17.3 Å². The van der Waals surface area contributed by atoms with Gasteiger partial charge in [0.05, 0.1) is 0 Å². The van der Waals surface area contributed by atoms with E-state index in [1.54, 1.807) is 0 Å². The lowest BCUT2D eigenvalue weighted by atomic mass is 10.1. The second kappa shape index (κ2) is 5.10. The van der Waals surface area contributed by atoms with Gasteiger partial charge < -0.3 is 0 Å². The van der Waals surface area contributed by atoms with Gasteiger partial charge in [-0.05, 0) is 5.56 Å². The first-order valence-electron chi connectivity index (χ1n) is 6.71. The number of nitrogens with one attached hydrogen (secondary N) is 1. The van der Waals surface area contributed by atoms with Crippen LogP contribution in [0.25, 0.3) is 0 Å². The van der Waals surface area contributed by atoms with Crippen molar-refractivity contribution in [1.82, 2.24) is 9.13 Å². The molecule has 1 aliphatic carbocycles. The summed E-state index contributed by atoms with van der Waals surface area (Å²) in [5, 5.41) is 4.10. The number of benzene rings is 1. The molecule has 2 aromatic rings. The topological polar surface area (TPSA) is 85.5 Å². The van der Waals surface area contributed by atoms with Crippen LogP contribution in [-0.4, -0.2) is 20.6 Å². The van der Waals surface area contributed by atoms with Gasteiger partial charge in [0.2, 0.25) is 0 Å². The Morgan fingerprint density at radius 1 is 1.09 bits per heavy atom. The summed E-state index contributed by atoms with van der Waals surface area (Å²) in [6.45, 7) is 0. The molecule has 7 nitrogen and oxygen atoms in total. The number of Topliss-reactive ketones (excluding diaryl/α,β-unsaturated/α-hetero) is 1. The number of fused-ring (bicyclic) bond motifs is 1. The Bertz CT molecular complexity index is 921. The predicted octanol–water partition coefficient (Wildman–Crippen LogP) is 0.0254. The number of rotatable bonds is 2. The average Bonchev–Trinajstić information content (AvgIpc) is 2.83. The lowest BCUT2D eigenvalue weighted by molar-refractivity contribution is -0.112. The number of anilines is 1. The normalized spacial score (nSPS) is 15.2. The standard InChI is InChI=1S/C15H14N4O3/c1-18-12(8-13(21)19(2)15(18)22)16-17-14-10-6-4-3-5-9(10)7-11(14)20/h3-6,8,16H,7H2,1-2H3/b17-14+. The summed E-state index contributed by atoms with van der Waals surface area (Å²) in [6, 6.07) is 8.67. The minimum atomic E-state index is -0.464. The first kappa shape index (κ1) is 14.0. The Hall–Kier alpha value is -2.96. The highest BCUT2D eigenvalue weighted by Crippen LogP contribution is 2.19. The number of carbonyl (C=O) groups is 1. The van der Waals surface area contributed by atoms with Crippen LogP contribution in [0.4, 0.5) is 5.82 Å². The number of hydrogen-bond acceptors (Lipinski definition) is 5. The van der Waals surface area contributed by atoms with Gasteiger partial charge in [-0.1, -0.05) is 24.3 Å². The summed E-state index contributed by atoms with van der Waals surface area (Å²) in [7, 11) is 2.92. The van der Waals surface area contributed by atoms with Gasteiger partial charge >= 0.3 is 5.69 Å². The molecule has 0 saturated heterocycles. The average molecular weight is 298 g/mol. The van der Waals surface area contributed by atoms with Crippen molar-refractivity contribution < 1.29 is 4.79 Å². The van der Waals surface area contributed by atoms with Gasteiger partial charge in [0.25, 0.3) is 5.56 Å². The third-order valence-corrected chi connectivity index (χ3v) is 3.70. The summed E-state index contributed by atoms with van der Waals surface area (Å²) < 4.78 is 2.26. The maximum atomic E-state index is 12.0. The number of hydrogen-bond donors (Lipinski definition) is 1. The van der Waals surface area contributed by atoms with E-state index >= 15 is 0 Å². The summed E-state index contributed by atoms with van der Waals surface area (Å²) in [6.07, 6.45) is 0.312. The summed E-state index contributed by atoms with van der Waals surface area (Å²) in [5.74, 6) is 0.139. The molecule has 1 N–H and O–H groups in total. The van der Waals surface area contributed by atoms with Gasteiger partial charge in [-0.25, -0.2) is 4.79 Å². The van der Waals surface area contributed by atoms with Crippen LogP contribution in [0, 0.1) is 0 Å². The second-order valence-corrected chi connectivity index (χ2v) is 5.10. The van der Waals surface area contributed by atoms with E-state index in [0.29, 0.717) is 12.1 Å². The molecular weight excluding hydrogens is 284 g/mol. The highest BCUT2D eigenvalue weighted by Gasteiger charge is 2.25. The fourth-order valence-corrected chi connectivity index (χ4v) is 2.39. The zero-order valence-corrected chi connectivity index (χ0v) is 12.2. The van der Waals surface area contributed by atoms with Crippen molar-refractivity contribution in [2.24, 2.45) is 19.2 Å². The number of carbonyl (C=O) groups excluding carboxylic acids is 1. The van der Waals surface area contributed by atoms with Crippen LogP contribution >= 0.6 is 0 Å². The SMILES string of the molecule is Cn1c(N/N=C2/C(=O)Cc3ccccc32)cc(=O)n(C)c1=O. The van der Waals surface area contributed by atoms with Gasteiger partial charge in [-0.3, -0.25) is 24.1 Å². The highest BCUT2D eigenvalue weighted by atomic mass is 16.2. The first-order valence-corrected chi connectivity index (χ1v) is 6.71. The van der Waals surface area contributed by atoms with Crippen molar-refractivity contribution in [2.75, 3.05) is 5.43 Å². The largest absolute Gasteiger partial charge is 0.332 e. The first-order chi connectivity index (χ1) is 10.5. The molecule has 1 aliphatic rings. The molecule has 0 aliphatic heterocycles. The molecule has 0 atom stereocenters. The molecule has 112 valence electrons. The van der Waals surface area contributed by atoms with Crippen LogP contribution in [-0.2, 0) is 25.3 Å². The third kappa shape index (κ3) is 2.16. The fraction of sp³-hybridized carbons (Fsp3) is 0.200. The summed E-state index contributed by atoms with van der Waals surface area (Å²) >= 11 is 0. The molecule has 1 heterocycles. The van der Waals surface area contributed by atoms with E-state index in [0.717, 1.165) is 15.7 Å². The molecular formula is C15H14N4O3. The number of aromatic nitrogens is 2. The van der Waals surface area contributed by atoms with Gasteiger partial charge in [0, 0.05) is 32.1 Å². The lowest BCUT2D eigenvalue weighted by Crippen LogP contribution is -2.37. The quantitative estimate of drug-likeness (QED) is 0.792. The van der Waals surface area contributed by atoms with Crippen molar-refractivity contribution in [3.8, 4) is 0 Å². The van der Waals surface area contributed by atoms with E-state index in [9.17, 15) is 14.4 Å². The molecule has 0 unspecified atom stereocenters. The van der Waals surface area contributed by atoms with Crippen LogP contribution in [0.5, 0.6) is 0 Å². The van der Waals surface area contributed by atoms with E-state index in [4.69, 9.17) is 0 Å². The molecule has 1 aromatic carbocycles. The molecule has 3 rings (SSSR count). The molecule has 7 heteroatoms. The van der Waals surface area contributed by atoms with Gasteiger partial charge in [-0.2, -0.15) is 5.10 Å². The van der Waals surface area contributed by atoms with Crippen LogP contribution in [0.15, 0.2) is 45.0 Å². The lowest BCUT2D eigenvalue weighted by Gasteiger charge is -2.08. The fourth-order valence-electron chi connectivity index (χ4n) is 2.39. The molecule has 0 bridgehead atoms. The van der Waals surface area contributed by atoms with E-state index in [1.807, 2.05) is 24.3 Å². The molecule has 0 fully saturated rings. The predicted molar refractivity (Wildman–Crippen MR) is 82.2 cm³/mol. The Morgan fingerprint density at radius 3 is 2.59 bits per heavy atom. The van der Waals surface area contributed by atoms with Gasteiger partial charge in [-0.15, -0.1) is 0 Å². The minimum absolute atomic E-state index is 0.0949. The number of hydrazone groups is 1. The molecule has 0 radical (unpaired) electrons. The van der Waals surface area contributed by atoms with E-state index in [1.165, 1.54) is 24.7 Å². The zero-order chi connectivity index (χ0) is 15.9. The van der Waals surface area contributed by atoms with E-state index in [-0.39, 0.29) is 11.6 Å². The van der Waals surface area contributed by atoms with Crippen LogP contribution in [0.3, 0.4) is 0 Å². The molecule has 0 spiro atoms. The van der Waals surface area contributed by atoms with Crippen molar-refractivity contribution in [3.05, 3.63) is 62.3 Å². The smallest absolute Gasteiger partial charge is 0.292 e. The molecule has 0 amide bonds. The maximum absolute atomic E-state index is 12.0. The Balaban J connectivity index is 2.01. The Morgan fingerprint density at radius 2 is 1.82 bits per heavy atom. The highest BCUT2D eigenvalue weighted by molar-refractivity contribution is 6.49. The minimum Gasteiger partial charge on any atom is -0.292 e. The van der Waals surface area contributed by atoms with Gasteiger partial charge in [0.1, 0.15) is 11.5 Å². The van der Waals surface area contributed by atoms with E-state index in [2.05, 4.69) is 10.5 Å². The van der Waals surface area contributed by atoms with Crippen molar-refractivity contribution in [1.29, 1.82) is 0 Å². The Labute approximate surface area is 125 Å². The summed E-state index contributed by atoms with van der Waals surface area (Å²) in [4.78, 5) is 35.5. The number of ketones is 1. The van der Waals surface area contributed by atoms with Crippen LogP contribution in [0.2, 0.25) is 0 Å². The van der Waals surface area contributed by atoms with Crippen molar-refractivity contribution in [3.63, 3.8) is 0 Å². The third-order valence-electron chi connectivity index (χ3n) is 3.70. The van der Waals surface area contributed by atoms with Gasteiger partial charge in [0.15, 0.2) is 5.78 Å². The zero-order valence-electron chi connectivity index (χ0n) is 12.2. The van der Waals surface area contributed by atoms with Crippen molar-refractivity contribution in [2.45, 2.75) is 6.42 Å².